The Morgan fingerprint density at radius 1 is 1.00 bits per heavy atom. The third kappa shape index (κ3) is 5.65. The van der Waals surface area contributed by atoms with Crippen LogP contribution in [0.4, 0.5) is 5.69 Å². The van der Waals surface area contributed by atoms with Gasteiger partial charge in [-0.25, -0.2) is 8.42 Å². The van der Waals surface area contributed by atoms with E-state index in [1.54, 1.807) is 19.1 Å². The van der Waals surface area contributed by atoms with Crippen molar-refractivity contribution >= 4 is 49.1 Å². The van der Waals surface area contributed by atoms with E-state index in [9.17, 15) is 13.2 Å². The fourth-order valence-electron chi connectivity index (χ4n) is 3.49. The maximum atomic E-state index is 13.6. The minimum atomic E-state index is -4.22. The number of hydrogen-bond acceptors (Lipinski definition) is 4. The van der Waals surface area contributed by atoms with Crippen LogP contribution in [0.5, 0.6) is 5.75 Å². The molecule has 5 nitrogen and oxygen atoms in total. The van der Waals surface area contributed by atoms with Gasteiger partial charge < -0.3 is 4.74 Å². The fourth-order valence-corrected chi connectivity index (χ4v) is 5.45. The third-order valence-electron chi connectivity index (χ3n) is 5.43. The number of rotatable bonds is 7. The highest BCUT2D eigenvalue weighted by atomic mass is 79.9. The lowest BCUT2D eigenvalue weighted by atomic mass is 10.0. The number of benzene rings is 3. The Labute approximate surface area is 214 Å². The van der Waals surface area contributed by atoms with Gasteiger partial charge >= 0.3 is 0 Å². The van der Waals surface area contributed by atoms with E-state index in [0.717, 1.165) is 25.5 Å². The number of aryl methyl sites for hydroxylation is 3. The average molecular weight is 565 g/mol. The molecule has 0 radical (unpaired) electrons. The van der Waals surface area contributed by atoms with Crippen LogP contribution in [0.15, 0.2) is 64.0 Å². The molecular weight excluding hydrogens is 538 g/mol. The van der Waals surface area contributed by atoms with Crippen molar-refractivity contribution in [3.63, 3.8) is 0 Å². The molecule has 0 saturated carbocycles. The molecule has 0 saturated heterocycles. The summed E-state index contributed by atoms with van der Waals surface area (Å²) >= 11 is 9.48. The molecule has 3 rings (SSSR count). The van der Waals surface area contributed by atoms with Crippen molar-refractivity contribution in [3.05, 3.63) is 86.3 Å². The molecule has 180 valence electrons. The monoisotopic (exact) mass is 563 g/mol. The number of nitrogens with zero attached hydrogens (tertiary/aromatic N) is 1. The molecule has 3 aromatic rings. The van der Waals surface area contributed by atoms with E-state index in [4.69, 9.17) is 16.3 Å². The van der Waals surface area contributed by atoms with Gasteiger partial charge in [-0.2, -0.15) is 4.31 Å². The summed E-state index contributed by atoms with van der Waals surface area (Å²) in [5.74, 6) is 0.00250. The lowest BCUT2D eigenvalue weighted by Crippen LogP contribution is -2.40. The molecule has 0 atom stereocenters. The summed E-state index contributed by atoms with van der Waals surface area (Å²) in [6.07, 6.45) is 0. The van der Waals surface area contributed by atoms with E-state index < -0.39 is 22.5 Å². The number of halogens is 2. The van der Waals surface area contributed by atoms with Crippen molar-refractivity contribution in [2.24, 2.45) is 0 Å². The molecule has 0 aromatic heterocycles. The first kappa shape index (κ1) is 26.3. The van der Waals surface area contributed by atoms with E-state index >= 15 is 0 Å². The van der Waals surface area contributed by atoms with Gasteiger partial charge in [-0.3, -0.25) is 4.79 Å². The Bertz CT molecular complexity index is 1320. The number of sulfonamides is 1. The Hall–Kier alpha value is -2.35. The van der Waals surface area contributed by atoms with Crippen LogP contribution >= 0.6 is 27.5 Å². The van der Waals surface area contributed by atoms with E-state index in [-0.39, 0.29) is 10.8 Å². The lowest BCUT2D eigenvalue weighted by molar-refractivity contribution is -0.119. The zero-order valence-electron chi connectivity index (χ0n) is 19.7. The van der Waals surface area contributed by atoms with Gasteiger partial charge in [0.1, 0.15) is 5.75 Å². The predicted octanol–water partition coefficient (Wildman–Crippen LogP) is 6.95. The van der Waals surface area contributed by atoms with Gasteiger partial charge in [0.2, 0.25) is 0 Å². The van der Waals surface area contributed by atoms with Crippen LogP contribution in [0.3, 0.4) is 0 Å². The van der Waals surface area contributed by atoms with Crippen LogP contribution in [0.25, 0.3) is 0 Å². The van der Waals surface area contributed by atoms with Crippen molar-refractivity contribution in [2.75, 3.05) is 10.9 Å². The second-order valence-corrected chi connectivity index (χ2v) is 11.6. The van der Waals surface area contributed by atoms with E-state index in [2.05, 4.69) is 15.9 Å². The standard InChI is InChI=1S/C26H27BrClNO4S/c1-16(2)22-14-23(27)19(5)13-25(22)33-15-26(30)29(24-12-17(3)6-7-18(24)4)34(31,32)21-10-8-20(28)9-11-21/h6-14,16H,15H2,1-5H3. The van der Waals surface area contributed by atoms with E-state index in [1.807, 2.05) is 45.9 Å². The molecule has 0 spiro atoms. The highest BCUT2D eigenvalue weighted by Crippen LogP contribution is 2.33. The van der Waals surface area contributed by atoms with Crippen LogP contribution in [0.1, 0.15) is 42.0 Å². The first-order valence-electron chi connectivity index (χ1n) is 10.8. The second kappa shape index (κ2) is 10.5. The predicted molar refractivity (Wildman–Crippen MR) is 141 cm³/mol. The zero-order valence-corrected chi connectivity index (χ0v) is 22.9. The second-order valence-electron chi connectivity index (χ2n) is 8.49. The van der Waals surface area contributed by atoms with E-state index in [1.165, 1.54) is 24.3 Å². The summed E-state index contributed by atoms with van der Waals surface area (Å²) in [5, 5.41) is 0.402. The average Bonchev–Trinajstić information content (AvgIpc) is 2.76. The summed E-state index contributed by atoms with van der Waals surface area (Å²) < 4.78 is 35.0. The summed E-state index contributed by atoms with van der Waals surface area (Å²) in [6.45, 7) is 9.15. The highest BCUT2D eigenvalue weighted by molar-refractivity contribution is 9.10. The number of carbonyl (C=O) groups is 1. The minimum Gasteiger partial charge on any atom is -0.483 e. The summed E-state index contributed by atoms with van der Waals surface area (Å²) in [4.78, 5) is 13.5. The summed E-state index contributed by atoms with van der Waals surface area (Å²) in [6, 6.07) is 14.9. The van der Waals surface area contributed by atoms with Gasteiger partial charge in [0.05, 0.1) is 10.6 Å². The lowest BCUT2D eigenvalue weighted by Gasteiger charge is -2.25. The fraction of sp³-hybridized carbons (Fsp3) is 0.269. The molecule has 0 N–H and O–H groups in total. The summed E-state index contributed by atoms with van der Waals surface area (Å²) in [7, 11) is -4.22. The molecule has 3 aromatic carbocycles. The molecule has 0 unspecified atom stereocenters. The molecule has 8 heteroatoms. The van der Waals surface area contributed by atoms with Crippen molar-refractivity contribution in [1.29, 1.82) is 0 Å². The quantitative estimate of drug-likeness (QED) is 0.311. The Morgan fingerprint density at radius 2 is 1.65 bits per heavy atom. The summed E-state index contributed by atoms with van der Waals surface area (Å²) in [5.41, 5.74) is 3.64. The molecule has 0 fully saturated rings. The van der Waals surface area contributed by atoms with Crippen molar-refractivity contribution in [3.8, 4) is 5.75 Å². The van der Waals surface area contributed by atoms with Crippen LogP contribution in [-0.2, 0) is 14.8 Å². The van der Waals surface area contributed by atoms with E-state index in [0.29, 0.717) is 22.0 Å². The molecule has 0 heterocycles. The van der Waals surface area contributed by atoms with Gasteiger partial charge in [0, 0.05) is 9.50 Å². The molecule has 0 bridgehead atoms. The van der Waals surface area contributed by atoms with Crippen LogP contribution < -0.4 is 9.04 Å². The number of amides is 1. The molecule has 0 aliphatic carbocycles. The number of ether oxygens (including phenoxy) is 1. The van der Waals surface area contributed by atoms with Crippen LogP contribution in [0.2, 0.25) is 5.02 Å². The van der Waals surface area contributed by atoms with Crippen molar-refractivity contribution < 1.29 is 17.9 Å². The maximum absolute atomic E-state index is 13.6. The number of anilines is 1. The van der Waals surface area contributed by atoms with Crippen molar-refractivity contribution in [2.45, 2.75) is 45.4 Å². The highest BCUT2D eigenvalue weighted by Gasteiger charge is 2.32. The zero-order chi connectivity index (χ0) is 25.2. The molecule has 0 aliphatic rings. The van der Waals surface area contributed by atoms with Gasteiger partial charge in [0.15, 0.2) is 6.61 Å². The van der Waals surface area contributed by atoms with Gasteiger partial charge in [-0.05, 0) is 91.4 Å². The smallest absolute Gasteiger partial charge is 0.278 e. The van der Waals surface area contributed by atoms with Gasteiger partial charge in [-0.15, -0.1) is 0 Å². The molecule has 34 heavy (non-hydrogen) atoms. The topological polar surface area (TPSA) is 63.7 Å². The first-order valence-corrected chi connectivity index (χ1v) is 13.4. The normalized spacial score (nSPS) is 11.5. The number of hydrogen-bond donors (Lipinski definition) is 0. The largest absolute Gasteiger partial charge is 0.483 e. The molecular formula is C26H27BrClNO4S. The Balaban J connectivity index is 2.04. The Morgan fingerprint density at radius 3 is 2.26 bits per heavy atom. The maximum Gasteiger partial charge on any atom is 0.278 e. The van der Waals surface area contributed by atoms with Crippen LogP contribution in [0, 0.1) is 20.8 Å². The minimum absolute atomic E-state index is 0.0338. The first-order chi connectivity index (χ1) is 15.9. The van der Waals surface area contributed by atoms with Crippen LogP contribution in [-0.4, -0.2) is 20.9 Å². The number of carbonyl (C=O) groups excluding carboxylic acids is 1. The van der Waals surface area contributed by atoms with Gasteiger partial charge in [-0.1, -0.05) is 53.5 Å². The molecule has 0 aliphatic heterocycles. The molecule has 1 amide bonds. The van der Waals surface area contributed by atoms with Crippen molar-refractivity contribution in [1.82, 2.24) is 0 Å². The van der Waals surface area contributed by atoms with Gasteiger partial charge in [0.25, 0.3) is 15.9 Å². The third-order valence-corrected chi connectivity index (χ3v) is 8.28. The SMILES string of the molecule is Cc1ccc(C)c(N(C(=O)COc2cc(C)c(Br)cc2C(C)C)S(=O)(=O)c2ccc(Cl)cc2)c1. The Kier molecular flexibility index (Phi) is 8.11.